The van der Waals surface area contributed by atoms with E-state index in [1.165, 1.54) is 43.3 Å². The molecule has 2 rings (SSSR count). The smallest absolute Gasteiger partial charge is 0.326 e. The number of carboxylic acids is 3. The number of phenolic OH excluding ortho intramolecular Hbond substituents is 2. The third-order valence-corrected chi connectivity index (χ3v) is 12.3. The number of hydrogen-bond donors (Lipinski definition) is 15. The van der Waals surface area contributed by atoms with Crippen LogP contribution in [0.4, 0.5) is 0 Å². The molecule has 2 aromatic carbocycles. The van der Waals surface area contributed by atoms with E-state index in [4.69, 9.17) is 5.73 Å². The van der Waals surface area contributed by atoms with Crippen LogP contribution in [0.15, 0.2) is 48.5 Å². The van der Waals surface area contributed by atoms with E-state index in [0.717, 1.165) is 6.92 Å². The summed E-state index contributed by atoms with van der Waals surface area (Å²) < 4.78 is 0. The number of nitrogens with one attached hydrogen (secondary N) is 8. The number of rotatable bonds is 34. The molecule has 8 amide bonds. The van der Waals surface area contributed by atoms with Gasteiger partial charge in [0.15, 0.2) is 0 Å². The highest BCUT2D eigenvalue weighted by Gasteiger charge is 2.36. The van der Waals surface area contributed by atoms with Gasteiger partial charge in [0.25, 0.3) is 0 Å². The monoisotopic (exact) mass is 1100 g/mol. The molecule has 0 spiro atoms. The van der Waals surface area contributed by atoms with Crippen LogP contribution >= 0.6 is 0 Å². The van der Waals surface area contributed by atoms with E-state index in [1.54, 1.807) is 46.8 Å². The molecule has 2 aromatic rings. The van der Waals surface area contributed by atoms with Crippen molar-refractivity contribution < 1.29 is 83.4 Å². The number of aromatic hydroxyl groups is 2. The van der Waals surface area contributed by atoms with Crippen molar-refractivity contribution in [2.75, 3.05) is 6.54 Å². The lowest BCUT2D eigenvalue weighted by atomic mass is 9.96. The predicted octanol–water partition coefficient (Wildman–Crippen LogP) is -0.947. The fraction of sp³-hybridized carbons (Fsp3) is 0.558. The molecular formula is C52H77N9O17. The summed E-state index contributed by atoms with van der Waals surface area (Å²) in [6.45, 7) is 10.5. The third-order valence-electron chi connectivity index (χ3n) is 12.3. The Bertz CT molecular complexity index is 2380. The highest BCUT2D eigenvalue weighted by Crippen LogP contribution is 2.16. The summed E-state index contributed by atoms with van der Waals surface area (Å²) in [6.07, 6.45) is -3.97. The number of aliphatic hydroxyl groups excluding tert-OH is 1. The van der Waals surface area contributed by atoms with Gasteiger partial charge in [-0.15, -0.1) is 0 Å². The van der Waals surface area contributed by atoms with Crippen molar-refractivity contribution in [3.8, 4) is 11.5 Å². The highest BCUT2D eigenvalue weighted by molar-refractivity contribution is 5.98. The summed E-state index contributed by atoms with van der Waals surface area (Å²) in [5.41, 5.74) is 7.21. The molecule has 0 aliphatic carbocycles. The molecule has 0 aromatic heterocycles. The van der Waals surface area contributed by atoms with Crippen molar-refractivity contribution in [3.05, 3.63) is 59.7 Å². The molecule has 10 atom stereocenters. The first-order chi connectivity index (χ1) is 36.5. The Balaban J connectivity index is 2.31. The average Bonchev–Trinajstić information content (AvgIpc) is 3.36. The van der Waals surface area contributed by atoms with Gasteiger partial charge < -0.3 is 78.9 Å². The topological polar surface area (TPSA) is 431 Å². The zero-order valence-corrected chi connectivity index (χ0v) is 44.9. The second-order valence-corrected chi connectivity index (χ2v) is 20.0. The van der Waals surface area contributed by atoms with E-state index in [-0.39, 0.29) is 55.4 Å². The maximum absolute atomic E-state index is 14.0. The molecule has 0 fully saturated rings. The zero-order valence-electron chi connectivity index (χ0n) is 44.9. The maximum Gasteiger partial charge on any atom is 0.326 e. The first kappa shape index (κ1) is 66.2. The molecule has 0 heterocycles. The molecule has 0 saturated heterocycles. The van der Waals surface area contributed by atoms with Gasteiger partial charge in [-0.2, -0.15) is 0 Å². The number of carbonyl (C=O) groups excluding carboxylic acids is 8. The first-order valence-electron chi connectivity index (χ1n) is 25.6. The third kappa shape index (κ3) is 24.0. The van der Waals surface area contributed by atoms with Crippen LogP contribution in [0.2, 0.25) is 0 Å². The molecule has 0 aliphatic heterocycles. The van der Waals surface area contributed by atoms with Gasteiger partial charge in [0, 0.05) is 19.3 Å². The van der Waals surface area contributed by atoms with Gasteiger partial charge >= 0.3 is 17.9 Å². The van der Waals surface area contributed by atoms with Gasteiger partial charge in [-0.25, -0.2) is 4.79 Å². The van der Waals surface area contributed by atoms with Crippen LogP contribution in [-0.4, -0.2) is 157 Å². The van der Waals surface area contributed by atoms with Gasteiger partial charge in [0.2, 0.25) is 47.3 Å². The average molecular weight is 1100 g/mol. The van der Waals surface area contributed by atoms with Crippen molar-refractivity contribution >= 4 is 65.2 Å². The fourth-order valence-corrected chi connectivity index (χ4v) is 7.75. The second-order valence-electron chi connectivity index (χ2n) is 20.0. The van der Waals surface area contributed by atoms with Gasteiger partial charge in [-0.1, -0.05) is 72.2 Å². The Kier molecular flexibility index (Phi) is 27.7. The minimum atomic E-state index is -1.78. The van der Waals surface area contributed by atoms with Crippen molar-refractivity contribution in [1.82, 2.24) is 42.5 Å². The van der Waals surface area contributed by atoms with Crippen LogP contribution in [0.5, 0.6) is 11.5 Å². The number of hydrogen-bond acceptors (Lipinski definition) is 15. The normalized spacial score (nSPS) is 15.0. The zero-order chi connectivity index (χ0) is 59.0. The van der Waals surface area contributed by atoms with Crippen LogP contribution in [0.25, 0.3) is 0 Å². The Morgan fingerprint density at radius 1 is 0.487 bits per heavy atom. The molecule has 0 unspecified atom stereocenters. The molecule has 26 nitrogen and oxygen atoms in total. The first-order valence-corrected chi connectivity index (χ1v) is 25.6. The van der Waals surface area contributed by atoms with Crippen molar-refractivity contribution in [1.29, 1.82) is 0 Å². The SMILES string of the molecule is CC[C@H](C)[C@H](NC(=O)[C@H](CCC(=O)O)NC(=O)[C@H](CCC(=O)O)NC(=O)[C@H](CC(C)C)NC(=O)[C@@H](N)Cc1ccc(O)cc1)C(=O)N[C@H](C(=O)NCC(=O)N[C@@H](Cc1ccc(O)cc1)C(=O)N[C@@H](CC(C)C)C(=O)O)[C@@H](C)O. The quantitative estimate of drug-likeness (QED) is 0.0402. The minimum Gasteiger partial charge on any atom is -0.508 e. The number of nitrogens with two attached hydrogens (primary N) is 1. The lowest BCUT2D eigenvalue weighted by molar-refractivity contribution is -0.142. The molecule has 0 saturated carbocycles. The van der Waals surface area contributed by atoms with E-state index in [9.17, 15) is 83.4 Å². The predicted molar refractivity (Wildman–Crippen MR) is 280 cm³/mol. The Labute approximate surface area is 451 Å². The van der Waals surface area contributed by atoms with Gasteiger partial charge in [0.05, 0.1) is 18.7 Å². The van der Waals surface area contributed by atoms with E-state index < -0.39 is 158 Å². The van der Waals surface area contributed by atoms with E-state index in [1.807, 2.05) is 0 Å². The van der Waals surface area contributed by atoms with Crippen molar-refractivity contribution in [3.63, 3.8) is 0 Å². The molecule has 0 aliphatic rings. The van der Waals surface area contributed by atoms with Gasteiger partial charge in [-0.3, -0.25) is 47.9 Å². The number of carbonyl (C=O) groups is 11. The molecular weight excluding hydrogens is 1020 g/mol. The molecule has 16 N–H and O–H groups in total. The summed E-state index contributed by atoms with van der Waals surface area (Å²) in [5.74, 6) is -13.1. The van der Waals surface area contributed by atoms with Crippen molar-refractivity contribution in [2.45, 2.75) is 161 Å². The summed E-state index contributed by atoms with van der Waals surface area (Å²) >= 11 is 0. The van der Waals surface area contributed by atoms with Crippen LogP contribution in [0.1, 0.15) is 105 Å². The summed E-state index contributed by atoms with van der Waals surface area (Å²) in [7, 11) is 0. The van der Waals surface area contributed by atoms with Crippen LogP contribution < -0.4 is 48.3 Å². The van der Waals surface area contributed by atoms with Gasteiger partial charge in [-0.05, 0) is 92.2 Å². The summed E-state index contributed by atoms with van der Waals surface area (Å²) in [6, 6.07) is -0.306. The van der Waals surface area contributed by atoms with Gasteiger partial charge in [0.1, 0.15) is 53.8 Å². The number of phenols is 2. The maximum atomic E-state index is 14.0. The molecule has 0 bridgehead atoms. The number of carboxylic acid groups (broad SMARTS) is 3. The summed E-state index contributed by atoms with van der Waals surface area (Å²) in [4.78, 5) is 145. The highest BCUT2D eigenvalue weighted by atomic mass is 16.4. The molecule has 26 heteroatoms. The Hall–Kier alpha value is -7.87. The van der Waals surface area contributed by atoms with E-state index in [0.29, 0.717) is 11.1 Å². The number of aliphatic hydroxyl groups is 1. The standard InChI is InChI=1S/C52H77N9O17/c1-8-28(6)43(51(76)61-44(29(7)62)50(75)54-25-40(65)55-38(24-31-11-15-33(64)16-12-31)49(74)59-39(52(77)78)22-27(4)5)60-47(72)36(18-20-42(68)69)56-46(71)35(17-19-41(66)67)57-48(73)37(21-26(2)3)58-45(70)34(53)23-30-9-13-32(63)14-10-30/h9-16,26-29,34-39,43-44,62-64H,8,17-25,53H2,1-7H3,(H,54,75)(H,55,65)(H,56,71)(H,57,73)(H,58,70)(H,59,74)(H,60,72)(H,61,76)(H,66,67)(H,68,69)(H,77,78)/t28-,29+,34-,35-,36-,37-,38-,39-,43-,44-/m0/s1. The largest absolute Gasteiger partial charge is 0.508 e. The number of benzene rings is 2. The van der Waals surface area contributed by atoms with Crippen LogP contribution in [0, 0.1) is 17.8 Å². The second kappa shape index (κ2) is 32.7. The molecule has 432 valence electrons. The fourth-order valence-electron chi connectivity index (χ4n) is 7.75. The van der Waals surface area contributed by atoms with Crippen LogP contribution in [0.3, 0.4) is 0 Å². The Morgan fingerprint density at radius 3 is 1.35 bits per heavy atom. The van der Waals surface area contributed by atoms with E-state index >= 15 is 0 Å². The summed E-state index contributed by atoms with van der Waals surface area (Å²) in [5, 5.41) is 78.1. The van der Waals surface area contributed by atoms with Crippen molar-refractivity contribution in [2.24, 2.45) is 23.5 Å². The lowest BCUT2D eigenvalue weighted by Crippen LogP contribution is -2.61. The number of amides is 8. The minimum absolute atomic E-state index is 0.00675. The van der Waals surface area contributed by atoms with Crippen LogP contribution in [-0.2, 0) is 65.6 Å². The molecule has 0 radical (unpaired) electrons. The Morgan fingerprint density at radius 2 is 0.897 bits per heavy atom. The molecule has 78 heavy (non-hydrogen) atoms. The number of aliphatic carboxylic acids is 3. The lowest BCUT2D eigenvalue weighted by Gasteiger charge is -2.30. The van der Waals surface area contributed by atoms with E-state index in [2.05, 4.69) is 42.5 Å².